The van der Waals surface area contributed by atoms with Gasteiger partial charge in [0.2, 0.25) is 5.91 Å². The van der Waals surface area contributed by atoms with Crippen molar-refractivity contribution in [2.75, 3.05) is 13.2 Å². The van der Waals surface area contributed by atoms with Gasteiger partial charge in [-0.15, -0.1) is 0 Å². The number of amides is 1. The predicted octanol–water partition coefficient (Wildman–Crippen LogP) is 3.68. The summed E-state index contributed by atoms with van der Waals surface area (Å²) in [7, 11) is 0. The fourth-order valence-electron chi connectivity index (χ4n) is 1.65. The van der Waals surface area contributed by atoms with Gasteiger partial charge in [0.15, 0.2) is 0 Å². The van der Waals surface area contributed by atoms with Crippen molar-refractivity contribution in [1.29, 1.82) is 0 Å². The van der Waals surface area contributed by atoms with Crippen LogP contribution in [0.5, 0.6) is 0 Å². The van der Waals surface area contributed by atoms with Crippen LogP contribution in [0.15, 0.2) is 24.3 Å². The highest BCUT2D eigenvalue weighted by molar-refractivity contribution is 6.42. The Morgan fingerprint density at radius 2 is 1.90 bits per heavy atom. The van der Waals surface area contributed by atoms with E-state index in [0.717, 1.165) is 31.2 Å². The second-order valence-corrected chi connectivity index (χ2v) is 5.25. The number of unbranched alkanes of at least 4 members (excludes halogenated alkanes) is 3. The predicted molar refractivity (Wildman–Crippen MR) is 84.1 cm³/mol. The molecule has 0 saturated carbocycles. The van der Waals surface area contributed by atoms with E-state index in [9.17, 15) is 4.79 Å². The molecule has 20 heavy (non-hydrogen) atoms. The molecule has 0 aliphatic carbocycles. The molecule has 3 nitrogen and oxygen atoms in total. The fourth-order valence-corrected chi connectivity index (χ4v) is 1.96. The fraction of sp³-hybridized carbons (Fsp3) is 0.400. The number of carbonyl (C=O) groups is 1. The first kappa shape index (κ1) is 17.0. The van der Waals surface area contributed by atoms with Crippen LogP contribution in [0.4, 0.5) is 0 Å². The minimum atomic E-state index is -0.127. The van der Waals surface area contributed by atoms with E-state index in [1.807, 2.05) is 0 Å². The molecule has 0 aromatic heterocycles. The molecule has 0 spiro atoms. The van der Waals surface area contributed by atoms with Crippen LogP contribution in [-0.4, -0.2) is 24.2 Å². The first-order valence-corrected chi connectivity index (χ1v) is 7.41. The molecule has 0 bridgehead atoms. The Balaban J connectivity index is 2.27. The summed E-state index contributed by atoms with van der Waals surface area (Å²) in [5.74, 6) is -0.127. The Morgan fingerprint density at radius 1 is 1.15 bits per heavy atom. The van der Waals surface area contributed by atoms with Crippen LogP contribution in [0.25, 0.3) is 6.08 Å². The van der Waals surface area contributed by atoms with E-state index in [1.165, 1.54) is 6.08 Å². The first-order valence-electron chi connectivity index (χ1n) is 6.65. The zero-order valence-electron chi connectivity index (χ0n) is 11.2. The Morgan fingerprint density at radius 3 is 2.60 bits per heavy atom. The molecule has 0 aliphatic heterocycles. The van der Waals surface area contributed by atoms with Gasteiger partial charge in [-0.25, -0.2) is 0 Å². The summed E-state index contributed by atoms with van der Waals surface area (Å²) in [5, 5.41) is 12.4. The third-order valence-electron chi connectivity index (χ3n) is 2.75. The van der Waals surface area contributed by atoms with E-state index in [1.54, 1.807) is 24.3 Å². The molecule has 0 radical (unpaired) electrons. The van der Waals surface area contributed by atoms with Crippen LogP contribution in [0.2, 0.25) is 10.0 Å². The first-order chi connectivity index (χ1) is 9.63. The maximum atomic E-state index is 11.6. The van der Waals surface area contributed by atoms with Crippen LogP contribution in [0.1, 0.15) is 31.2 Å². The largest absolute Gasteiger partial charge is 0.396 e. The van der Waals surface area contributed by atoms with Crippen LogP contribution >= 0.6 is 23.2 Å². The van der Waals surface area contributed by atoms with Crippen LogP contribution < -0.4 is 5.32 Å². The monoisotopic (exact) mass is 315 g/mol. The van der Waals surface area contributed by atoms with Crippen molar-refractivity contribution in [2.45, 2.75) is 25.7 Å². The SMILES string of the molecule is O=C(/C=C/c1ccc(Cl)c(Cl)c1)NCCCCCCO. The van der Waals surface area contributed by atoms with E-state index < -0.39 is 0 Å². The summed E-state index contributed by atoms with van der Waals surface area (Å²) in [6.07, 6.45) is 6.93. The second kappa shape index (κ2) is 9.81. The zero-order valence-corrected chi connectivity index (χ0v) is 12.8. The number of aliphatic hydroxyl groups excluding tert-OH is 1. The average Bonchev–Trinajstić information content (AvgIpc) is 2.44. The lowest BCUT2D eigenvalue weighted by molar-refractivity contribution is -0.116. The van der Waals surface area contributed by atoms with Crippen molar-refractivity contribution < 1.29 is 9.90 Å². The Bertz CT molecular complexity index is 461. The maximum Gasteiger partial charge on any atom is 0.243 e. The molecular formula is C15H19Cl2NO2. The highest BCUT2D eigenvalue weighted by Crippen LogP contribution is 2.22. The van der Waals surface area contributed by atoms with Gasteiger partial charge in [-0.3, -0.25) is 4.79 Å². The lowest BCUT2D eigenvalue weighted by Gasteiger charge is -2.02. The zero-order chi connectivity index (χ0) is 14.8. The molecule has 0 heterocycles. The number of hydrogen-bond acceptors (Lipinski definition) is 2. The van der Waals surface area contributed by atoms with E-state index in [0.29, 0.717) is 16.6 Å². The summed E-state index contributed by atoms with van der Waals surface area (Å²) in [4.78, 5) is 11.6. The molecule has 1 aromatic carbocycles. The molecule has 0 saturated heterocycles. The number of carbonyl (C=O) groups excluding carboxylic acids is 1. The van der Waals surface area contributed by atoms with Gasteiger partial charge in [0.1, 0.15) is 0 Å². The third-order valence-corrected chi connectivity index (χ3v) is 3.49. The second-order valence-electron chi connectivity index (χ2n) is 4.44. The highest BCUT2D eigenvalue weighted by Gasteiger charge is 1.98. The average molecular weight is 316 g/mol. The Kier molecular flexibility index (Phi) is 8.35. The molecular weight excluding hydrogens is 297 g/mol. The third kappa shape index (κ3) is 6.94. The lowest BCUT2D eigenvalue weighted by Crippen LogP contribution is -2.21. The molecule has 1 rings (SSSR count). The van der Waals surface area contributed by atoms with Gasteiger partial charge in [0.05, 0.1) is 10.0 Å². The molecule has 0 unspecified atom stereocenters. The highest BCUT2D eigenvalue weighted by atomic mass is 35.5. The van der Waals surface area contributed by atoms with Gasteiger partial charge >= 0.3 is 0 Å². The summed E-state index contributed by atoms with van der Waals surface area (Å²) >= 11 is 11.7. The molecule has 110 valence electrons. The van der Waals surface area contributed by atoms with Crippen molar-refractivity contribution in [3.8, 4) is 0 Å². The summed E-state index contributed by atoms with van der Waals surface area (Å²) in [6, 6.07) is 5.21. The van der Waals surface area contributed by atoms with Crippen LogP contribution in [-0.2, 0) is 4.79 Å². The van der Waals surface area contributed by atoms with Gasteiger partial charge in [-0.2, -0.15) is 0 Å². The standard InChI is InChI=1S/C15H19Cl2NO2/c16-13-7-5-12(11-14(13)17)6-8-15(20)18-9-3-1-2-4-10-19/h5-8,11,19H,1-4,9-10H2,(H,18,20)/b8-6+. The number of aliphatic hydroxyl groups is 1. The Labute approximate surface area is 129 Å². The van der Waals surface area contributed by atoms with E-state index in [2.05, 4.69) is 5.32 Å². The van der Waals surface area contributed by atoms with E-state index >= 15 is 0 Å². The molecule has 0 fully saturated rings. The molecule has 1 aromatic rings. The quantitative estimate of drug-likeness (QED) is 0.568. The van der Waals surface area contributed by atoms with E-state index in [-0.39, 0.29) is 12.5 Å². The topological polar surface area (TPSA) is 49.3 Å². The minimum absolute atomic E-state index is 0.127. The van der Waals surface area contributed by atoms with Crippen molar-refractivity contribution in [1.82, 2.24) is 5.32 Å². The van der Waals surface area contributed by atoms with Gasteiger partial charge in [0, 0.05) is 19.2 Å². The normalized spacial score (nSPS) is 10.9. The van der Waals surface area contributed by atoms with Crippen molar-refractivity contribution in [3.05, 3.63) is 39.9 Å². The van der Waals surface area contributed by atoms with Crippen molar-refractivity contribution in [3.63, 3.8) is 0 Å². The van der Waals surface area contributed by atoms with E-state index in [4.69, 9.17) is 28.3 Å². The lowest BCUT2D eigenvalue weighted by atomic mass is 10.2. The number of halogens is 2. The molecule has 0 atom stereocenters. The molecule has 1 amide bonds. The smallest absolute Gasteiger partial charge is 0.243 e. The number of nitrogens with one attached hydrogen (secondary N) is 1. The Hall–Kier alpha value is -1.03. The number of hydrogen-bond donors (Lipinski definition) is 2. The van der Waals surface area contributed by atoms with Crippen LogP contribution in [0, 0.1) is 0 Å². The van der Waals surface area contributed by atoms with Crippen molar-refractivity contribution in [2.24, 2.45) is 0 Å². The van der Waals surface area contributed by atoms with Gasteiger partial charge in [0.25, 0.3) is 0 Å². The minimum Gasteiger partial charge on any atom is -0.396 e. The number of benzene rings is 1. The molecule has 2 N–H and O–H groups in total. The van der Waals surface area contributed by atoms with Crippen LogP contribution in [0.3, 0.4) is 0 Å². The molecule has 5 heteroatoms. The molecule has 0 aliphatic rings. The van der Waals surface area contributed by atoms with Gasteiger partial charge in [-0.05, 0) is 36.6 Å². The van der Waals surface area contributed by atoms with Gasteiger partial charge in [-0.1, -0.05) is 42.1 Å². The number of rotatable bonds is 8. The maximum absolute atomic E-state index is 11.6. The summed E-state index contributed by atoms with van der Waals surface area (Å²) < 4.78 is 0. The van der Waals surface area contributed by atoms with Crippen molar-refractivity contribution >= 4 is 35.2 Å². The summed E-state index contributed by atoms with van der Waals surface area (Å²) in [5.41, 5.74) is 0.831. The van der Waals surface area contributed by atoms with Gasteiger partial charge < -0.3 is 10.4 Å². The summed E-state index contributed by atoms with van der Waals surface area (Å²) in [6.45, 7) is 0.884.